The molecule has 0 aromatic heterocycles. The largest absolute Gasteiger partial charge is 0.416 e. The monoisotopic (exact) mass is 270 g/mol. The second-order valence-electron chi connectivity index (χ2n) is 5.09. The Kier molecular flexibility index (Phi) is 2.39. The molecular formula is C13H13F3N2O. The highest BCUT2D eigenvalue weighted by molar-refractivity contribution is 5.45. The molecule has 0 spiro atoms. The van der Waals surface area contributed by atoms with Crippen LogP contribution in [-0.2, 0) is 16.5 Å². The molecular weight excluding hydrogens is 257 g/mol. The zero-order valence-electron chi connectivity index (χ0n) is 9.95. The van der Waals surface area contributed by atoms with Gasteiger partial charge in [-0.05, 0) is 12.1 Å². The maximum Gasteiger partial charge on any atom is 0.416 e. The quantitative estimate of drug-likeness (QED) is 0.465. The van der Waals surface area contributed by atoms with Crippen molar-refractivity contribution in [3.63, 3.8) is 0 Å². The summed E-state index contributed by atoms with van der Waals surface area (Å²) in [4.78, 5) is 0. The first-order valence-corrected chi connectivity index (χ1v) is 5.87. The highest BCUT2D eigenvalue weighted by Crippen LogP contribution is 2.55. The van der Waals surface area contributed by atoms with Crippen molar-refractivity contribution in [2.75, 3.05) is 0 Å². The van der Waals surface area contributed by atoms with Crippen molar-refractivity contribution in [1.82, 2.24) is 0 Å². The first-order valence-electron chi connectivity index (χ1n) is 5.87. The zero-order chi connectivity index (χ0) is 13.9. The Balaban J connectivity index is 2.07. The van der Waals surface area contributed by atoms with Crippen molar-refractivity contribution in [3.05, 3.63) is 47.5 Å². The van der Waals surface area contributed by atoms with Gasteiger partial charge < -0.3 is 16.2 Å². The number of epoxide rings is 1. The van der Waals surface area contributed by atoms with E-state index in [1.165, 1.54) is 18.2 Å². The summed E-state index contributed by atoms with van der Waals surface area (Å²) in [5, 5.41) is 0. The standard InChI is InChI=1S/C13H13F3N2O/c14-13(15,16)9-4-2-1-3-8(9)12-6-5-11(17,18)7-10(12)19-12/h1-6,10H,7,17-18H2. The number of benzene rings is 1. The lowest BCUT2D eigenvalue weighted by Gasteiger charge is -2.26. The molecule has 0 bridgehead atoms. The molecule has 1 aliphatic carbocycles. The summed E-state index contributed by atoms with van der Waals surface area (Å²) >= 11 is 0. The van der Waals surface area contributed by atoms with Crippen LogP contribution >= 0.6 is 0 Å². The normalized spacial score (nSPS) is 31.9. The summed E-state index contributed by atoms with van der Waals surface area (Å²) in [6, 6.07) is 5.43. The molecule has 1 aromatic carbocycles. The molecule has 3 rings (SSSR count). The molecule has 2 unspecified atom stereocenters. The van der Waals surface area contributed by atoms with Crippen molar-refractivity contribution in [2.45, 2.75) is 30.0 Å². The smallest absolute Gasteiger partial charge is 0.356 e. The molecule has 0 saturated carbocycles. The average molecular weight is 270 g/mol. The molecule has 3 nitrogen and oxygen atoms in total. The van der Waals surface area contributed by atoms with Gasteiger partial charge in [0.1, 0.15) is 5.60 Å². The summed E-state index contributed by atoms with van der Waals surface area (Å²) in [5.74, 6) is 0. The highest BCUT2D eigenvalue weighted by Gasteiger charge is 2.61. The predicted molar refractivity (Wildman–Crippen MR) is 62.9 cm³/mol. The fourth-order valence-corrected chi connectivity index (χ4v) is 2.61. The molecule has 2 aliphatic rings. The third-order valence-corrected chi connectivity index (χ3v) is 3.59. The van der Waals surface area contributed by atoms with Crippen LogP contribution < -0.4 is 11.5 Å². The van der Waals surface area contributed by atoms with Crippen molar-refractivity contribution < 1.29 is 17.9 Å². The van der Waals surface area contributed by atoms with E-state index in [4.69, 9.17) is 16.2 Å². The Morgan fingerprint density at radius 1 is 1.16 bits per heavy atom. The number of hydrogen-bond acceptors (Lipinski definition) is 3. The van der Waals surface area contributed by atoms with E-state index in [0.717, 1.165) is 6.07 Å². The van der Waals surface area contributed by atoms with Gasteiger partial charge in [-0.3, -0.25) is 0 Å². The van der Waals surface area contributed by atoms with Gasteiger partial charge in [0.2, 0.25) is 0 Å². The number of fused-ring (bicyclic) bond motifs is 1. The second-order valence-corrected chi connectivity index (χ2v) is 5.09. The fourth-order valence-electron chi connectivity index (χ4n) is 2.61. The minimum absolute atomic E-state index is 0.124. The number of halogens is 3. The minimum atomic E-state index is -4.41. The number of nitrogens with two attached hydrogens (primary N) is 2. The Morgan fingerprint density at radius 2 is 1.84 bits per heavy atom. The van der Waals surface area contributed by atoms with Gasteiger partial charge in [-0.1, -0.05) is 24.3 Å². The lowest BCUT2D eigenvalue weighted by atomic mass is 9.83. The molecule has 0 radical (unpaired) electrons. The molecule has 1 aliphatic heterocycles. The van der Waals surface area contributed by atoms with Gasteiger partial charge >= 0.3 is 6.18 Å². The number of alkyl halides is 3. The van der Waals surface area contributed by atoms with Crippen molar-refractivity contribution in [3.8, 4) is 0 Å². The van der Waals surface area contributed by atoms with E-state index in [1.54, 1.807) is 12.1 Å². The van der Waals surface area contributed by atoms with Gasteiger partial charge in [-0.25, -0.2) is 0 Å². The first-order chi connectivity index (χ1) is 8.75. The molecule has 4 N–H and O–H groups in total. The molecule has 1 heterocycles. The minimum Gasteiger partial charge on any atom is -0.356 e. The molecule has 19 heavy (non-hydrogen) atoms. The fraction of sp³-hybridized carbons (Fsp3) is 0.385. The Bertz CT molecular complexity index is 553. The van der Waals surface area contributed by atoms with Crippen LogP contribution in [0.25, 0.3) is 0 Å². The number of rotatable bonds is 1. The van der Waals surface area contributed by atoms with Crippen molar-refractivity contribution in [1.29, 1.82) is 0 Å². The third-order valence-electron chi connectivity index (χ3n) is 3.59. The number of hydrogen-bond donors (Lipinski definition) is 2. The molecule has 1 saturated heterocycles. The van der Waals surface area contributed by atoms with Crippen molar-refractivity contribution in [2.24, 2.45) is 11.5 Å². The Morgan fingerprint density at radius 3 is 2.47 bits per heavy atom. The van der Waals surface area contributed by atoms with Crippen molar-refractivity contribution >= 4 is 0 Å². The van der Waals surface area contributed by atoms with Crippen LogP contribution in [0.4, 0.5) is 13.2 Å². The second kappa shape index (κ2) is 3.59. The molecule has 1 aromatic rings. The summed E-state index contributed by atoms with van der Waals surface area (Å²) in [7, 11) is 0. The maximum absolute atomic E-state index is 13.0. The van der Waals surface area contributed by atoms with E-state index in [-0.39, 0.29) is 5.56 Å². The van der Waals surface area contributed by atoms with Crippen LogP contribution in [0.2, 0.25) is 0 Å². The van der Waals surface area contributed by atoms with E-state index >= 15 is 0 Å². The maximum atomic E-state index is 13.0. The van der Waals surface area contributed by atoms with E-state index in [9.17, 15) is 13.2 Å². The van der Waals surface area contributed by atoms with Crippen LogP contribution in [0.3, 0.4) is 0 Å². The lowest BCUT2D eigenvalue weighted by molar-refractivity contribution is -0.138. The molecule has 102 valence electrons. The van der Waals surface area contributed by atoms with Crippen LogP contribution in [0.15, 0.2) is 36.4 Å². The predicted octanol–water partition coefficient (Wildman–Crippen LogP) is 1.87. The summed E-state index contributed by atoms with van der Waals surface area (Å²) in [6.45, 7) is 0. The summed E-state index contributed by atoms with van der Waals surface area (Å²) in [5.41, 5.74) is 8.90. The van der Waals surface area contributed by atoms with E-state index in [1.807, 2.05) is 0 Å². The van der Waals surface area contributed by atoms with Gasteiger partial charge in [-0.15, -0.1) is 0 Å². The van der Waals surface area contributed by atoms with Gasteiger partial charge in [0.25, 0.3) is 0 Å². The topological polar surface area (TPSA) is 64.6 Å². The van der Waals surface area contributed by atoms with E-state index in [0.29, 0.717) is 6.42 Å². The van der Waals surface area contributed by atoms with E-state index < -0.39 is 29.1 Å². The van der Waals surface area contributed by atoms with Crippen LogP contribution in [0.5, 0.6) is 0 Å². The van der Waals surface area contributed by atoms with Crippen LogP contribution in [0.1, 0.15) is 17.5 Å². The molecule has 6 heteroatoms. The Hall–Kier alpha value is -1.37. The van der Waals surface area contributed by atoms with Gasteiger partial charge in [-0.2, -0.15) is 13.2 Å². The zero-order valence-corrected chi connectivity index (χ0v) is 9.95. The number of ether oxygens (including phenoxy) is 1. The van der Waals surface area contributed by atoms with Crippen LogP contribution in [-0.4, -0.2) is 11.8 Å². The van der Waals surface area contributed by atoms with E-state index in [2.05, 4.69) is 0 Å². The molecule has 2 atom stereocenters. The van der Waals surface area contributed by atoms with Crippen LogP contribution in [0, 0.1) is 0 Å². The summed E-state index contributed by atoms with van der Waals surface area (Å²) in [6.07, 6.45) is -1.43. The molecule has 0 amide bonds. The van der Waals surface area contributed by atoms with Gasteiger partial charge in [0.05, 0.1) is 17.3 Å². The van der Waals surface area contributed by atoms with Gasteiger partial charge in [0, 0.05) is 12.0 Å². The summed E-state index contributed by atoms with van der Waals surface area (Å²) < 4.78 is 44.5. The first kappa shape index (κ1) is 12.7. The highest BCUT2D eigenvalue weighted by atomic mass is 19.4. The SMILES string of the molecule is NC1(N)C=CC2(c3ccccc3C(F)(F)F)OC2C1. The molecule has 1 fully saturated rings. The lowest BCUT2D eigenvalue weighted by Crippen LogP contribution is -2.50. The third kappa shape index (κ3) is 1.96. The average Bonchev–Trinajstić information content (AvgIpc) is 3.01. The Labute approximate surface area is 108 Å². The van der Waals surface area contributed by atoms with Gasteiger partial charge in [0.15, 0.2) is 0 Å².